The predicted octanol–water partition coefficient (Wildman–Crippen LogP) is 4.12. The summed E-state index contributed by atoms with van der Waals surface area (Å²) in [5.74, 6) is 0. The molecule has 1 atom stereocenters. The van der Waals surface area contributed by atoms with Crippen LogP contribution in [-0.4, -0.2) is 11.9 Å². The molecule has 82 valence electrons. The minimum absolute atomic E-state index is 0.561. The van der Waals surface area contributed by atoms with Crippen molar-refractivity contribution in [3.05, 3.63) is 36.4 Å². The molecule has 0 saturated heterocycles. The van der Waals surface area contributed by atoms with Crippen LogP contribution >= 0.6 is 11.8 Å². The second-order valence-electron chi connectivity index (χ2n) is 4.14. The molecule has 2 aromatic rings. The summed E-state index contributed by atoms with van der Waals surface area (Å²) in [6.07, 6.45) is 0. The minimum Gasteiger partial charge on any atom is -0.359 e. The van der Waals surface area contributed by atoms with Crippen LogP contribution in [0.5, 0.6) is 0 Å². The van der Waals surface area contributed by atoms with E-state index in [1.165, 1.54) is 21.4 Å². The number of rotatable bonds is 1. The van der Waals surface area contributed by atoms with Crippen molar-refractivity contribution in [1.29, 1.82) is 0 Å². The molecular weight excluding hydrogens is 214 g/mol. The van der Waals surface area contributed by atoms with Gasteiger partial charge in [-0.15, -0.1) is 0 Å². The number of hydrogen-bond acceptors (Lipinski definition) is 2. The van der Waals surface area contributed by atoms with Crippen LogP contribution in [0.2, 0.25) is 0 Å². The Balaban J connectivity index is 2.26. The Hall–Kier alpha value is -1.15. The van der Waals surface area contributed by atoms with Gasteiger partial charge in [0.1, 0.15) is 0 Å². The Kier molecular flexibility index (Phi) is 2.32. The van der Waals surface area contributed by atoms with E-state index in [2.05, 4.69) is 55.1 Å². The maximum atomic E-state index is 2.46. The van der Waals surface area contributed by atoms with E-state index >= 15 is 0 Å². The third-order valence-electron chi connectivity index (χ3n) is 3.24. The third-order valence-corrected chi connectivity index (χ3v) is 4.50. The first-order valence-electron chi connectivity index (χ1n) is 5.76. The maximum Gasteiger partial charge on any atom is 0.0770 e. The van der Waals surface area contributed by atoms with Gasteiger partial charge in [0.25, 0.3) is 0 Å². The molecular formula is C14H15NS. The Morgan fingerprint density at radius 2 is 2.00 bits per heavy atom. The van der Waals surface area contributed by atoms with Gasteiger partial charge < -0.3 is 4.90 Å². The normalized spacial score (nSPS) is 19.1. The molecule has 1 unspecified atom stereocenters. The van der Waals surface area contributed by atoms with Crippen LogP contribution in [0.25, 0.3) is 10.8 Å². The van der Waals surface area contributed by atoms with Crippen molar-refractivity contribution in [3.63, 3.8) is 0 Å². The average molecular weight is 229 g/mol. The van der Waals surface area contributed by atoms with Crippen LogP contribution in [0.3, 0.4) is 0 Å². The van der Waals surface area contributed by atoms with Gasteiger partial charge in [0, 0.05) is 11.4 Å². The Morgan fingerprint density at radius 3 is 2.81 bits per heavy atom. The maximum absolute atomic E-state index is 2.46. The molecule has 2 aromatic carbocycles. The van der Waals surface area contributed by atoms with Crippen molar-refractivity contribution in [2.45, 2.75) is 24.1 Å². The lowest BCUT2D eigenvalue weighted by Crippen LogP contribution is -2.25. The number of hydrogen-bond donors (Lipinski definition) is 0. The van der Waals surface area contributed by atoms with Gasteiger partial charge in [0.2, 0.25) is 0 Å². The fourth-order valence-electron chi connectivity index (χ4n) is 2.44. The van der Waals surface area contributed by atoms with Gasteiger partial charge in [0.15, 0.2) is 0 Å². The highest BCUT2D eigenvalue weighted by atomic mass is 32.2. The molecule has 0 aromatic heterocycles. The van der Waals surface area contributed by atoms with Crippen molar-refractivity contribution in [1.82, 2.24) is 0 Å². The number of thioether (sulfide) groups is 1. The van der Waals surface area contributed by atoms with Gasteiger partial charge in [-0.3, -0.25) is 0 Å². The van der Waals surface area contributed by atoms with Crippen molar-refractivity contribution in [2.75, 3.05) is 11.4 Å². The highest BCUT2D eigenvalue weighted by Crippen LogP contribution is 2.46. The van der Waals surface area contributed by atoms with Gasteiger partial charge in [0.05, 0.1) is 11.1 Å². The summed E-state index contributed by atoms with van der Waals surface area (Å²) in [5, 5.41) is 3.30. The van der Waals surface area contributed by atoms with Crippen LogP contribution in [0.4, 0.5) is 5.69 Å². The molecule has 0 radical (unpaired) electrons. The topological polar surface area (TPSA) is 3.24 Å². The van der Waals surface area contributed by atoms with E-state index in [0.717, 1.165) is 6.54 Å². The third kappa shape index (κ3) is 1.33. The number of anilines is 1. The molecule has 0 fully saturated rings. The van der Waals surface area contributed by atoms with Gasteiger partial charge in [-0.2, -0.15) is 0 Å². The van der Waals surface area contributed by atoms with E-state index in [1.807, 2.05) is 11.8 Å². The zero-order valence-corrected chi connectivity index (χ0v) is 10.4. The first-order valence-corrected chi connectivity index (χ1v) is 6.64. The standard InChI is InChI=1S/C14H15NS/c1-3-15-10(2)16-14-12-7-5-4-6-11(12)8-9-13(14)15/h4-10H,3H2,1-2H3. The Morgan fingerprint density at radius 1 is 1.19 bits per heavy atom. The zero-order valence-electron chi connectivity index (χ0n) is 9.60. The van der Waals surface area contributed by atoms with Crippen molar-refractivity contribution < 1.29 is 0 Å². The van der Waals surface area contributed by atoms with Crippen LogP contribution in [0, 0.1) is 0 Å². The predicted molar refractivity (Wildman–Crippen MR) is 72.3 cm³/mol. The highest BCUT2D eigenvalue weighted by Gasteiger charge is 2.26. The van der Waals surface area contributed by atoms with Crippen molar-refractivity contribution in [2.24, 2.45) is 0 Å². The largest absolute Gasteiger partial charge is 0.359 e. The summed E-state index contributed by atoms with van der Waals surface area (Å²) in [6.45, 7) is 5.59. The van der Waals surface area contributed by atoms with E-state index in [4.69, 9.17) is 0 Å². The lowest BCUT2D eigenvalue weighted by molar-refractivity contribution is 0.834. The smallest absolute Gasteiger partial charge is 0.0770 e. The molecule has 0 N–H and O–H groups in total. The summed E-state index contributed by atoms with van der Waals surface area (Å²) < 4.78 is 0. The monoisotopic (exact) mass is 229 g/mol. The van der Waals surface area contributed by atoms with Gasteiger partial charge >= 0.3 is 0 Å². The number of fused-ring (bicyclic) bond motifs is 3. The lowest BCUT2D eigenvalue weighted by atomic mass is 10.1. The molecule has 16 heavy (non-hydrogen) atoms. The fourth-order valence-corrected chi connectivity index (χ4v) is 3.79. The van der Waals surface area contributed by atoms with Crippen LogP contribution in [-0.2, 0) is 0 Å². The van der Waals surface area contributed by atoms with Crippen LogP contribution in [0.15, 0.2) is 41.3 Å². The molecule has 2 heteroatoms. The van der Waals surface area contributed by atoms with E-state index in [-0.39, 0.29) is 0 Å². The highest BCUT2D eigenvalue weighted by molar-refractivity contribution is 8.00. The van der Waals surface area contributed by atoms with E-state index in [0.29, 0.717) is 5.37 Å². The molecule has 1 nitrogen and oxygen atoms in total. The average Bonchev–Trinajstić information content (AvgIpc) is 2.65. The molecule has 1 heterocycles. The second-order valence-corrected chi connectivity index (χ2v) is 5.46. The van der Waals surface area contributed by atoms with Gasteiger partial charge in [-0.05, 0) is 30.7 Å². The van der Waals surface area contributed by atoms with Crippen LogP contribution < -0.4 is 4.90 Å². The van der Waals surface area contributed by atoms with Gasteiger partial charge in [-0.1, -0.05) is 42.1 Å². The molecule has 1 aliphatic rings. The molecule has 0 spiro atoms. The Labute approximate surface area is 100 Å². The summed E-state index contributed by atoms with van der Waals surface area (Å²) in [4.78, 5) is 3.92. The molecule has 1 aliphatic heterocycles. The number of nitrogens with zero attached hydrogens (tertiary/aromatic N) is 1. The lowest BCUT2D eigenvalue weighted by Gasteiger charge is -2.21. The quantitative estimate of drug-likeness (QED) is 0.723. The summed E-state index contributed by atoms with van der Waals surface area (Å²) in [7, 11) is 0. The summed E-state index contributed by atoms with van der Waals surface area (Å²) in [6, 6.07) is 13.1. The van der Waals surface area contributed by atoms with Crippen molar-refractivity contribution in [3.8, 4) is 0 Å². The fraction of sp³-hybridized carbons (Fsp3) is 0.286. The van der Waals surface area contributed by atoms with E-state index < -0.39 is 0 Å². The van der Waals surface area contributed by atoms with E-state index in [9.17, 15) is 0 Å². The molecule has 0 bridgehead atoms. The summed E-state index contributed by atoms with van der Waals surface area (Å²) in [5.41, 5.74) is 1.40. The zero-order chi connectivity index (χ0) is 11.1. The SMILES string of the molecule is CCN1c2ccc3ccccc3c2SC1C. The molecule has 0 amide bonds. The van der Waals surface area contributed by atoms with E-state index in [1.54, 1.807) is 0 Å². The van der Waals surface area contributed by atoms with Crippen molar-refractivity contribution >= 4 is 28.2 Å². The number of benzene rings is 2. The Bertz CT molecular complexity index is 535. The molecule has 0 saturated carbocycles. The molecule has 3 rings (SSSR count). The first-order chi connectivity index (χ1) is 7.81. The second kappa shape index (κ2) is 3.70. The van der Waals surface area contributed by atoms with Gasteiger partial charge in [-0.25, -0.2) is 0 Å². The first kappa shape index (κ1) is 10.0. The minimum atomic E-state index is 0.561. The summed E-state index contributed by atoms with van der Waals surface area (Å²) >= 11 is 1.98. The molecule has 0 aliphatic carbocycles. The van der Waals surface area contributed by atoms with Crippen LogP contribution in [0.1, 0.15) is 13.8 Å².